The van der Waals surface area contributed by atoms with Crippen LogP contribution in [0.15, 0.2) is 41.4 Å². The number of pyridine rings is 1. The number of amides is 1. The number of aromatic nitrogens is 5. The second-order valence-electron chi connectivity index (χ2n) is 6.42. The fourth-order valence-electron chi connectivity index (χ4n) is 2.95. The highest BCUT2D eigenvalue weighted by atomic mass is 79.9. The van der Waals surface area contributed by atoms with Crippen molar-refractivity contribution in [2.45, 2.75) is 33.1 Å². The number of halogens is 1. The summed E-state index contributed by atoms with van der Waals surface area (Å²) in [6, 6.07) is 5.63. The molecule has 0 radical (unpaired) electrons. The van der Waals surface area contributed by atoms with Crippen LogP contribution >= 0.6 is 15.9 Å². The molecule has 1 amide bonds. The summed E-state index contributed by atoms with van der Waals surface area (Å²) in [6.07, 6.45) is 6.80. The SMILES string of the molecule is CCCc1c(Cc2ccnn2-c2ncccc2Br)ncnc1NNC(=O)C(=O)OCC. The lowest BCUT2D eigenvalue weighted by Gasteiger charge is -2.15. The molecule has 162 valence electrons. The molecule has 0 atom stereocenters. The van der Waals surface area contributed by atoms with Gasteiger partial charge in [0.05, 0.1) is 22.5 Å². The summed E-state index contributed by atoms with van der Waals surface area (Å²) < 4.78 is 7.25. The van der Waals surface area contributed by atoms with Gasteiger partial charge in [-0.15, -0.1) is 0 Å². The average Bonchev–Trinajstić information content (AvgIpc) is 3.22. The van der Waals surface area contributed by atoms with Crippen molar-refractivity contribution in [3.05, 3.63) is 58.3 Å². The summed E-state index contributed by atoms with van der Waals surface area (Å²) in [5.74, 6) is -0.767. The molecule has 10 nitrogen and oxygen atoms in total. The molecule has 3 aromatic heterocycles. The third-order valence-corrected chi connectivity index (χ3v) is 4.92. The molecule has 11 heteroatoms. The number of hydrogen-bond donors (Lipinski definition) is 2. The van der Waals surface area contributed by atoms with E-state index < -0.39 is 11.9 Å². The van der Waals surface area contributed by atoms with E-state index in [-0.39, 0.29) is 6.61 Å². The van der Waals surface area contributed by atoms with Crippen molar-refractivity contribution < 1.29 is 14.3 Å². The molecule has 0 bridgehead atoms. The van der Waals surface area contributed by atoms with Crippen LogP contribution in [0.5, 0.6) is 0 Å². The Morgan fingerprint density at radius 2 is 2.00 bits per heavy atom. The monoisotopic (exact) mass is 487 g/mol. The second kappa shape index (κ2) is 10.6. The van der Waals surface area contributed by atoms with Gasteiger partial charge in [0, 0.05) is 24.4 Å². The average molecular weight is 488 g/mol. The molecule has 0 aromatic carbocycles. The zero-order valence-electron chi connectivity index (χ0n) is 17.1. The Bertz CT molecular complexity index is 1070. The van der Waals surface area contributed by atoms with Gasteiger partial charge in [0.25, 0.3) is 0 Å². The van der Waals surface area contributed by atoms with Crippen LogP contribution in [0.3, 0.4) is 0 Å². The Balaban J connectivity index is 1.86. The van der Waals surface area contributed by atoms with Crippen LogP contribution in [0.4, 0.5) is 5.82 Å². The van der Waals surface area contributed by atoms with Gasteiger partial charge in [-0.3, -0.25) is 15.6 Å². The van der Waals surface area contributed by atoms with Crippen LogP contribution in [-0.4, -0.2) is 43.2 Å². The number of hydrazine groups is 1. The van der Waals surface area contributed by atoms with E-state index in [0.717, 1.165) is 27.8 Å². The third-order valence-electron chi connectivity index (χ3n) is 4.30. The van der Waals surface area contributed by atoms with E-state index in [4.69, 9.17) is 0 Å². The molecule has 0 aliphatic rings. The minimum absolute atomic E-state index is 0.116. The van der Waals surface area contributed by atoms with Gasteiger partial charge in [-0.1, -0.05) is 13.3 Å². The van der Waals surface area contributed by atoms with Crippen LogP contribution in [0.25, 0.3) is 5.82 Å². The smallest absolute Gasteiger partial charge is 0.398 e. The van der Waals surface area contributed by atoms with Crippen molar-refractivity contribution in [1.82, 2.24) is 30.2 Å². The van der Waals surface area contributed by atoms with Crippen LogP contribution in [0.2, 0.25) is 0 Å². The maximum atomic E-state index is 11.8. The first-order valence-electron chi connectivity index (χ1n) is 9.74. The zero-order valence-corrected chi connectivity index (χ0v) is 18.7. The topological polar surface area (TPSA) is 124 Å². The van der Waals surface area contributed by atoms with Gasteiger partial charge in [-0.05, 0) is 47.5 Å². The highest BCUT2D eigenvalue weighted by Gasteiger charge is 2.18. The summed E-state index contributed by atoms with van der Waals surface area (Å²) in [6.45, 7) is 3.78. The van der Waals surface area contributed by atoms with Gasteiger partial charge < -0.3 is 4.74 Å². The van der Waals surface area contributed by atoms with E-state index in [1.54, 1.807) is 24.0 Å². The lowest BCUT2D eigenvalue weighted by molar-refractivity contribution is -0.154. The van der Waals surface area contributed by atoms with Crippen molar-refractivity contribution in [2.75, 3.05) is 12.0 Å². The molecule has 2 N–H and O–H groups in total. The number of anilines is 1. The third kappa shape index (κ3) is 5.43. The molecule has 31 heavy (non-hydrogen) atoms. The van der Waals surface area contributed by atoms with Crippen LogP contribution < -0.4 is 10.9 Å². The summed E-state index contributed by atoms with van der Waals surface area (Å²) >= 11 is 3.51. The predicted octanol–water partition coefficient (Wildman–Crippen LogP) is 2.37. The maximum Gasteiger partial charge on any atom is 0.398 e. The fourth-order valence-corrected chi connectivity index (χ4v) is 3.37. The molecule has 0 saturated carbocycles. The quantitative estimate of drug-likeness (QED) is 0.282. The Labute approximate surface area is 187 Å². The zero-order chi connectivity index (χ0) is 22.2. The Morgan fingerprint density at radius 3 is 2.74 bits per heavy atom. The molecule has 0 spiro atoms. The molecular weight excluding hydrogens is 466 g/mol. The second-order valence-corrected chi connectivity index (χ2v) is 7.27. The van der Waals surface area contributed by atoms with Gasteiger partial charge in [-0.2, -0.15) is 5.10 Å². The number of rotatable bonds is 8. The van der Waals surface area contributed by atoms with E-state index in [0.29, 0.717) is 24.5 Å². The fraction of sp³-hybridized carbons (Fsp3) is 0.300. The summed E-state index contributed by atoms with van der Waals surface area (Å²) in [7, 11) is 0. The van der Waals surface area contributed by atoms with E-state index in [1.165, 1.54) is 6.33 Å². The molecule has 0 saturated heterocycles. The van der Waals surface area contributed by atoms with Crippen LogP contribution in [0.1, 0.15) is 37.2 Å². The van der Waals surface area contributed by atoms with Gasteiger partial charge in [0.15, 0.2) is 11.6 Å². The van der Waals surface area contributed by atoms with E-state index in [9.17, 15) is 9.59 Å². The highest BCUT2D eigenvalue weighted by Crippen LogP contribution is 2.23. The molecule has 0 unspecified atom stereocenters. The molecule has 0 aliphatic heterocycles. The van der Waals surface area contributed by atoms with Gasteiger partial charge in [0.2, 0.25) is 0 Å². The largest absolute Gasteiger partial charge is 0.459 e. The van der Waals surface area contributed by atoms with E-state index >= 15 is 0 Å². The first-order chi connectivity index (χ1) is 15.0. The first kappa shape index (κ1) is 22.3. The number of carbonyl (C=O) groups is 2. The standard InChI is InChI=1S/C20H22BrN7O3/c1-3-6-14-16(23-12-24-17(14)26-27-19(29)20(30)31-4-2)11-13-8-10-25-28(13)18-15(21)7-5-9-22-18/h5,7-10,12H,3-4,6,11H2,1-2H3,(H,27,29)(H,23,24,26). The molecular formula is C20H22BrN7O3. The summed E-state index contributed by atoms with van der Waals surface area (Å²) in [5, 5.41) is 4.39. The first-order valence-corrected chi connectivity index (χ1v) is 10.5. The molecule has 0 aliphatic carbocycles. The van der Waals surface area contributed by atoms with Gasteiger partial charge in [-0.25, -0.2) is 24.4 Å². The van der Waals surface area contributed by atoms with Crippen molar-refractivity contribution in [3.8, 4) is 5.82 Å². The predicted molar refractivity (Wildman–Crippen MR) is 116 cm³/mol. The molecule has 3 heterocycles. The number of esters is 1. The summed E-state index contributed by atoms with van der Waals surface area (Å²) in [5.41, 5.74) is 7.54. The van der Waals surface area contributed by atoms with Crippen molar-refractivity contribution in [3.63, 3.8) is 0 Å². The molecule has 0 fully saturated rings. The lowest BCUT2D eigenvalue weighted by Crippen LogP contribution is -2.37. The number of nitrogens with zero attached hydrogens (tertiary/aromatic N) is 5. The number of carbonyl (C=O) groups excluding carboxylic acids is 2. The highest BCUT2D eigenvalue weighted by molar-refractivity contribution is 9.10. The molecule has 3 aromatic rings. The number of nitrogens with one attached hydrogen (secondary N) is 2. The Kier molecular flexibility index (Phi) is 7.65. The van der Waals surface area contributed by atoms with E-state index in [1.807, 2.05) is 25.1 Å². The van der Waals surface area contributed by atoms with Crippen molar-refractivity contribution >= 4 is 33.6 Å². The van der Waals surface area contributed by atoms with E-state index in [2.05, 4.69) is 51.6 Å². The van der Waals surface area contributed by atoms with Gasteiger partial charge >= 0.3 is 11.9 Å². The van der Waals surface area contributed by atoms with Crippen LogP contribution in [0, 0.1) is 0 Å². The normalized spacial score (nSPS) is 10.5. The summed E-state index contributed by atoms with van der Waals surface area (Å²) in [4.78, 5) is 36.4. The number of hydrogen-bond acceptors (Lipinski definition) is 8. The van der Waals surface area contributed by atoms with Crippen molar-refractivity contribution in [2.24, 2.45) is 0 Å². The molecule has 3 rings (SSSR count). The lowest BCUT2D eigenvalue weighted by atomic mass is 10.1. The maximum absolute atomic E-state index is 11.8. The van der Waals surface area contributed by atoms with Crippen LogP contribution in [-0.2, 0) is 27.2 Å². The Hall–Kier alpha value is -3.34. The van der Waals surface area contributed by atoms with Crippen molar-refractivity contribution in [1.29, 1.82) is 0 Å². The minimum Gasteiger partial charge on any atom is -0.459 e. The van der Waals surface area contributed by atoms with Gasteiger partial charge in [0.1, 0.15) is 6.33 Å². The minimum atomic E-state index is -0.967. The Morgan fingerprint density at radius 1 is 1.16 bits per heavy atom. The number of ether oxygens (including phenoxy) is 1.